The number of carbonyl (C=O) groups excluding carboxylic acids is 1. The van der Waals surface area contributed by atoms with Gasteiger partial charge in [-0.25, -0.2) is 9.97 Å². The minimum absolute atomic E-state index is 0.0299. The molecule has 4 aromatic rings. The first-order valence-electron chi connectivity index (χ1n) is 12.6. The Balaban J connectivity index is 1.21. The van der Waals surface area contributed by atoms with Gasteiger partial charge in [0, 0.05) is 27.9 Å². The van der Waals surface area contributed by atoms with E-state index in [4.69, 9.17) is 4.98 Å². The van der Waals surface area contributed by atoms with Crippen LogP contribution in [0, 0.1) is 0 Å². The molecule has 0 saturated carbocycles. The molecule has 2 N–H and O–H groups in total. The molecule has 0 radical (unpaired) electrons. The third kappa shape index (κ3) is 5.03. The Morgan fingerprint density at radius 1 is 1.06 bits per heavy atom. The predicted molar refractivity (Wildman–Crippen MR) is 147 cm³/mol. The second kappa shape index (κ2) is 10.2. The van der Waals surface area contributed by atoms with Crippen molar-refractivity contribution in [1.29, 1.82) is 0 Å². The summed E-state index contributed by atoms with van der Waals surface area (Å²) in [5.41, 5.74) is 6.78. The molecule has 1 saturated heterocycles. The quantitative estimate of drug-likeness (QED) is 0.322. The van der Waals surface area contributed by atoms with Gasteiger partial charge in [-0.15, -0.1) is 11.3 Å². The highest BCUT2D eigenvalue weighted by atomic mass is 32.1. The van der Waals surface area contributed by atoms with Crippen LogP contribution >= 0.6 is 11.3 Å². The number of benzene rings is 2. The summed E-state index contributed by atoms with van der Waals surface area (Å²) in [6.45, 7) is 3.60. The van der Waals surface area contributed by atoms with Gasteiger partial charge in [0.2, 0.25) is 11.9 Å². The van der Waals surface area contributed by atoms with Crippen LogP contribution < -0.4 is 10.6 Å². The number of nitrogens with one attached hydrogen (secondary N) is 2. The van der Waals surface area contributed by atoms with Crippen LogP contribution in [0.15, 0.2) is 66.2 Å². The van der Waals surface area contributed by atoms with E-state index in [1.54, 1.807) is 17.5 Å². The fourth-order valence-corrected chi connectivity index (χ4v) is 5.79. The Morgan fingerprint density at radius 2 is 1.92 bits per heavy atom. The first-order chi connectivity index (χ1) is 17.7. The van der Waals surface area contributed by atoms with E-state index in [-0.39, 0.29) is 12.3 Å². The standard InChI is InChI=1S/C29H29N5OS/c35-27-18-22-19-30-29(31-23-10-8-21(9-11-23)26-6-4-16-36-26)33-28(22)24-12-7-20(17-25(24)32-27)5-3-15-34-13-1-2-14-34/h4,6-12,16-17,19H,1-3,5,13-15,18H2,(H,32,35)(H,30,31,33). The SMILES string of the molecule is O=C1Cc2cnc(Nc3ccc(-c4cccs4)cc3)nc2-c2ccc(CCCN3CCCC3)cc2N1. The third-order valence-corrected chi connectivity index (χ3v) is 7.83. The highest BCUT2D eigenvalue weighted by molar-refractivity contribution is 7.13. The first kappa shape index (κ1) is 22.9. The Labute approximate surface area is 215 Å². The second-order valence-electron chi connectivity index (χ2n) is 9.50. The van der Waals surface area contributed by atoms with Gasteiger partial charge >= 0.3 is 0 Å². The Kier molecular flexibility index (Phi) is 6.49. The van der Waals surface area contributed by atoms with Gasteiger partial charge in [0.15, 0.2) is 0 Å². The Hall–Kier alpha value is -3.55. The zero-order valence-corrected chi connectivity index (χ0v) is 21.0. The summed E-state index contributed by atoms with van der Waals surface area (Å²) < 4.78 is 0. The van der Waals surface area contributed by atoms with Crippen molar-refractivity contribution in [2.24, 2.45) is 0 Å². The van der Waals surface area contributed by atoms with Gasteiger partial charge in [0.25, 0.3) is 0 Å². The van der Waals surface area contributed by atoms with E-state index in [9.17, 15) is 4.79 Å². The monoisotopic (exact) mass is 495 g/mol. The van der Waals surface area contributed by atoms with Gasteiger partial charge < -0.3 is 15.5 Å². The van der Waals surface area contributed by atoms with Crippen molar-refractivity contribution >= 4 is 34.6 Å². The fraction of sp³-hybridized carbons (Fsp3) is 0.276. The molecule has 182 valence electrons. The zero-order chi connectivity index (χ0) is 24.3. The van der Waals surface area contributed by atoms with Crippen molar-refractivity contribution in [3.05, 3.63) is 77.3 Å². The molecule has 6 nitrogen and oxygen atoms in total. The van der Waals surface area contributed by atoms with Gasteiger partial charge in [0.1, 0.15) is 0 Å². The highest BCUT2D eigenvalue weighted by Gasteiger charge is 2.21. The summed E-state index contributed by atoms with van der Waals surface area (Å²) >= 11 is 1.73. The lowest BCUT2D eigenvalue weighted by atomic mass is 10.0. The number of nitrogens with zero attached hydrogens (tertiary/aromatic N) is 3. The molecule has 4 heterocycles. The van der Waals surface area contributed by atoms with Gasteiger partial charge in [-0.3, -0.25) is 4.79 Å². The molecule has 36 heavy (non-hydrogen) atoms. The van der Waals surface area contributed by atoms with Crippen LogP contribution in [0.1, 0.15) is 30.4 Å². The molecule has 1 amide bonds. The van der Waals surface area contributed by atoms with Crippen molar-refractivity contribution in [3.8, 4) is 21.7 Å². The van der Waals surface area contributed by atoms with Gasteiger partial charge in [-0.1, -0.05) is 30.3 Å². The minimum atomic E-state index is -0.0299. The first-order valence-corrected chi connectivity index (χ1v) is 13.5. The summed E-state index contributed by atoms with van der Waals surface area (Å²) in [5.74, 6) is 0.491. The molecule has 0 unspecified atom stereocenters. The normalized spacial score (nSPS) is 15.2. The van der Waals surface area contributed by atoms with Crippen molar-refractivity contribution in [3.63, 3.8) is 0 Å². The van der Waals surface area contributed by atoms with Crippen molar-refractivity contribution in [1.82, 2.24) is 14.9 Å². The maximum atomic E-state index is 12.6. The van der Waals surface area contributed by atoms with E-state index in [0.29, 0.717) is 5.95 Å². The van der Waals surface area contributed by atoms with E-state index >= 15 is 0 Å². The molecule has 2 aromatic heterocycles. The average Bonchev–Trinajstić information content (AvgIpc) is 3.59. The molecular formula is C29H29N5OS. The number of amides is 1. The van der Waals surface area contributed by atoms with E-state index in [0.717, 1.165) is 47.6 Å². The fourth-order valence-electron chi connectivity index (χ4n) is 5.06. The van der Waals surface area contributed by atoms with Crippen LogP contribution in [-0.4, -0.2) is 40.4 Å². The Bertz CT molecular complexity index is 1360. The largest absolute Gasteiger partial charge is 0.325 e. The number of aryl methyl sites for hydroxylation is 1. The third-order valence-electron chi connectivity index (χ3n) is 6.91. The maximum Gasteiger partial charge on any atom is 0.228 e. The smallest absolute Gasteiger partial charge is 0.228 e. The van der Waals surface area contributed by atoms with Crippen LogP contribution in [-0.2, 0) is 17.6 Å². The van der Waals surface area contributed by atoms with Crippen LogP contribution in [0.2, 0.25) is 0 Å². The van der Waals surface area contributed by atoms with Gasteiger partial charge in [0.05, 0.1) is 17.8 Å². The minimum Gasteiger partial charge on any atom is -0.325 e. The maximum absolute atomic E-state index is 12.6. The number of fused-ring (bicyclic) bond motifs is 3. The summed E-state index contributed by atoms with van der Waals surface area (Å²) in [6.07, 6.45) is 6.82. The zero-order valence-electron chi connectivity index (χ0n) is 20.2. The number of carbonyl (C=O) groups is 1. The summed E-state index contributed by atoms with van der Waals surface area (Å²) in [6, 6.07) is 18.8. The lowest BCUT2D eigenvalue weighted by Gasteiger charge is -2.15. The average molecular weight is 496 g/mol. The molecule has 2 aliphatic rings. The predicted octanol–water partition coefficient (Wildman–Crippen LogP) is 6.14. The number of hydrogen-bond acceptors (Lipinski definition) is 6. The van der Waals surface area contributed by atoms with E-state index in [1.165, 1.54) is 41.9 Å². The number of hydrogen-bond donors (Lipinski definition) is 2. The molecule has 0 bridgehead atoms. The van der Waals surface area contributed by atoms with Gasteiger partial charge in [-0.05, 0) is 86.1 Å². The van der Waals surface area contributed by atoms with E-state index < -0.39 is 0 Å². The summed E-state index contributed by atoms with van der Waals surface area (Å²) in [5, 5.41) is 8.50. The molecular weight excluding hydrogens is 466 g/mol. The number of aromatic nitrogens is 2. The van der Waals surface area contributed by atoms with Crippen molar-refractivity contribution in [2.75, 3.05) is 30.3 Å². The summed E-state index contributed by atoms with van der Waals surface area (Å²) in [4.78, 5) is 25.8. The Morgan fingerprint density at radius 3 is 2.72 bits per heavy atom. The number of likely N-dealkylation sites (tertiary alicyclic amines) is 1. The summed E-state index contributed by atoms with van der Waals surface area (Å²) in [7, 11) is 0. The lowest BCUT2D eigenvalue weighted by molar-refractivity contribution is -0.115. The molecule has 0 aliphatic carbocycles. The van der Waals surface area contributed by atoms with Crippen LogP contribution in [0.4, 0.5) is 17.3 Å². The molecule has 0 spiro atoms. The molecule has 7 heteroatoms. The molecule has 0 atom stereocenters. The van der Waals surface area contributed by atoms with E-state index in [1.807, 2.05) is 12.1 Å². The van der Waals surface area contributed by atoms with Gasteiger partial charge in [-0.2, -0.15) is 0 Å². The van der Waals surface area contributed by atoms with Crippen LogP contribution in [0.5, 0.6) is 0 Å². The number of rotatable bonds is 7. The topological polar surface area (TPSA) is 70.2 Å². The molecule has 1 fully saturated rings. The molecule has 2 aliphatic heterocycles. The van der Waals surface area contributed by atoms with Crippen LogP contribution in [0.25, 0.3) is 21.7 Å². The van der Waals surface area contributed by atoms with E-state index in [2.05, 4.69) is 68.4 Å². The van der Waals surface area contributed by atoms with Crippen molar-refractivity contribution in [2.45, 2.75) is 32.1 Å². The van der Waals surface area contributed by atoms with Crippen molar-refractivity contribution < 1.29 is 4.79 Å². The highest BCUT2D eigenvalue weighted by Crippen LogP contribution is 2.34. The lowest BCUT2D eigenvalue weighted by Crippen LogP contribution is -2.20. The number of thiophene rings is 1. The van der Waals surface area contributed by atoms with Crippen LogP contribution in [0.3, 0.4) is 0 Å². The number of anilines is 3. The second-order valence-corrected chi connectivity index (χ2v) is 10.5. The molecule has 6 rings (SSSR count). The molecule has 2 aromatic carbocycles.